The van der Waals surface area contributed by atoms with E-state index in [1.807, 2.05) is 0 Å². The number of hydrogen-bond acceptors (Lipinski definition) is 3. The van der Waals surface area contributed by atoms with Gasteiger partial charge in [0.15, 0.2) is 0 Å². The van der Waals surface area contributed by atoms with Crippen LogP contribution < -0.4 is 15.1 Å². The highest BCUT2D eigenvalue weighted by Gasteiger charge is 2.31. The summed E-state index contributed by atoms with van der Waals surface area (Å²) in [7, 11) is 3.99. The Balaban J connectivity index is 2.15. The standard InChI is InChI=1S/C25H21Cl2F4N3O2/c1-32-23(35)15-7-9-17(26)16(11-15)14-8-10-20(21(12-14)33(2)13-25(29,30)31)34(3)24(36)22-18(27)5-4-6-19(22)28/h4-12H,13H2,1-3H3,(H,32,35). The summed E-state index contributed by atoms with van der Waals surface area (Å²) < 4.78 is 54.2. The molecule has 0 unspecified atom stereocenters. The van der Waals surface area contributed by atoms with Crippen LogP contribution in [-0.2, 0) is 0 Å². The highest BCUT2D eigenvalue weighted by molar-refractivity contribution is 6.35. The summed E-state index contributed by atoms with van der Waals surface area (Å²) in [5.74, 6) is -2.07. The number of rotatable bonds is 6. The van der Waals surface area contributed by atoms with E-state index in [1.165, 1.54) is 63.6 Å². The van der Waals surface area contributed by atoms with Gasteiger partial charge in [-0.1, -0.05) is 35.3 Å². The van der Waals surface area contributed by atoms with Gasteiger partial charge in [0.2, 0.25) is 0 Å². The van der Waals surface area contributed by atoms with Gasteiger partial charge in [-0.25, -0.2) is 4.39 Å². The molecule has 5 nitrogen and oxygen atoms in total. The number of carbonyl (C=O) groups is 2. The number of halogens is 6. The second-order valence-corrected chi connectivity index (χ2v) is 8.72. The maximum Gasteiger partial charge on any atom is 0.405 e. The number of nitrogens with zero attached hydrogens (tertiary/aromatic N) is 2. The lowest BCUT2D eigenvalue weighted by molar-refractivity contribution is -0.119. The Bertz CT molecular complexity index is 1290. The zero-order chi connectivity index (χ0) is 26.8. The Labute approximate surface area is 215 Å². The summed E-state index contributed by atoms with van der Waals surface area (Å²) in [4.78, 5) is 27.1. The van der Waals surface area contributed by atoms with E-state index in [1.54, 1.807) is 6.07 Å². The van der Waals surface area contributed by atoms with Crippen molar-refractivity contribution < 1.29 is 27.2 Å². The molecule has 3 aromatic carbocycles. The van der Waals surface area contributed by atoms with Crippen LogP contribution in [0.1, 0.15) is 20.7 Å². The van der Waals surface area contributed by atoms with E-state index in [0.29, 0.717) is 16.7 Å². The molecule has 0 radical (unpaired) electrons. The van der Waals surface area contributed by atoms with Crippen molar-refractivity contribution in [2.24, 2.45) is 0 Å². The molecule has 0 fully saturated rings. The number of anilines is 2. The summed E-state index contributed by atoms with van der Waals surface area (Å²) in [5, 5.41) is 2.63. The average Bonchev–Trinajstić information content (AvgIpc) is 2.81. The lowest BCUT2D eigenvalue weighted by Gasteiger charge is -2.28. The molecule has 0 aliphatic heterocycles. The van der Waals surface area contributed by atoms with E-state index in [0.717, 1.165) is 15.9 Å². The number of hydrogen-bond donors (Lipinski definition) is 1. The third-order valence-electron chi connectivity index (χ3n) is 5.41. The van der Waals surface area contributed by atoms with Crippen molar-refractivity contribution in [3.8, 4) is 11.1 Å². The molecule has 1 N–H and O–H groups in total. The topological polar surface area (TPSA) is 52.7 Å². The molecule has 0 heterocycles. The van der Waals surface area contributed by atoms with Crippen LogP contribution in [-0.4, -0.2) is 45.7 Å². The van der Waals surface area contributed by atoms with Crippen LogP contribution in [0.3, 0.4) is 0 Å². The first-order valence-corrected chi connectivity index (χ1v) is 11.3. The molecule has 190 valence electrons. The minimum atomic E-state index is -4.55. The van der Waals surface area contributed by atoms with E-state index < -0.39 is 30.0 Å². The van der Waals surface area contributed by atoms with Gasteiger partial charge >= 0.3 is 6.18 Å². The SMILES string of the molecule is CNC(=O)c1ccc(Cl)c(-c2ccc(N(C)C(=O)c3c(F)cccc3Cl)c(N(C)CC(F)(F)F)c2)c1. The molecule has 3 aromatic rings. The lowest BCUT2D eigenvalue weighted by atomic mass is 10.0. The Kier molecular flexibility index (Phi) is 8.15. The minimum absolute atomic E-state index is 0.0227. The van der Waals surface area contributed by atoms with Gasteiger partial charge in [0.05, 0.1) is 22.0 Å². The zero-order valence-electron chi connectivity index (χ0n) is 19.4. The Hall–Kier alpha value is -3.30. The largest absolute Gasteiger partial charge is 0.405 e. The second kappa shape index (κ2) is 10.8. The average molecular weight is 542 g/mol. The van der Waals surface area contributed by atoms with Gasteiger partial charge in [-0.15, -0.1) is 0 Å². The predicted octanol–water partition coefficient (Wildman–Crippen LogP) is 6.43. The van der Waals surface area contributed by atoms with Gasteiger partial charge in [0.25, 0.3) is 11.8 Å². The van der Waals surface area contributed by atoms with Crippen LogP contribution in [0.4, 0.5) is 28.9 Å². The van der Waals surface area contributed by atoms with E-state index >= 15 is 0 Å². The molecule has 0 atom stereocenters. The monoisotopic (exact) mass is 541 g/mol. The van der Waals surface area contributed by atoms with E-state index in [9.17, 15) is 27.2 Å². The normalized spacial score (nSPS) is 11.2. The first-order chi connectivity index (χ1) is 16.8. The van der Waals surface area contributed by atoms with Gasteiger partial charge in [0.1, 0.15) is 12.4 Å². The Morgan fingerprint density at radius 2 is 1.64 bits per heavy atom. The molecule has 0 saturated carbocycles. The van der Waals surface area contributed by atoms with E-state index in [2.05, 4.69) is 5.32 Å². The first-order valence-electron chi connectivity index (χ1n) is 10.5. The maximum absolute atomic E-state index is 14.4. The molecule has 0 spiro atoms. The molecule has 36 heavy (non-hydrogen) atoms. The van der Waals surface area contributed by atoms with Gasteiger partial charge in [0, 0.05) is 37.3 Å². The number of alkyl halides is 3. The molecule has 0 saturated heterocycles. The van der Waals surface area contributed by atoms with Crippen LogP contribution in [0.2, 0.25) is 10.0 Å². The molecule has 0 aliphatic rings. The van der Waals surface area contributed by atoms with Gasteiger partial charge in [-0.3, -0.25) is 9.59 Å². The molecule has 0 aliphatic carbocycles. The summed E-state index contributed by atoms with van der Waals surface area (Å²) >= 11 is 12.4. The number of nitrogens with one attached hydrogen (secondary N) is 1. The molecule has 2 amide bonds. The highest BCUT2D eigenvalue weighted by Crippen LogP contribution is 2.38. The van der Waals surface area contributed by atoms with Gasteiger partial charge < -0.3 is 15.1 Å². The third kappa shape index (κ3) is 5.91. The fourth-order valence-electron chi connectivity index (χ4n) is 3.65. The highest BCUT2D eigenvalue weighted by atomic mass is 35.5. The molecule has 11 heteroatoms. The van der Waals surface area contributed by atoms with Crippen molar-refractivity contribution in [1.82, 2.24) is 5.32 Å². The predicted molar refractivity (Wildman–Crippen MR) is 134 cm³/mol. The minimum Gasteiger partial charge on any atom is -0.364 e. The van der Waals surface area contributed by atoms with Crippen molar-refractivity contribution in [3.63, 3.8) is 0 Å². The Morgan fingerprint density at radius 1 is 0.944 bits per heavy atom. The smallest absolute Gasteiger partial charge is 0.364 e. The van der Waals surface area contributed by atoms with Crippen molar-refractivity contribution in [2.75, 3.05) is 37.5 Å². The second-order valence-electron chi connectivity index (χ2n) is 7.91. The van der Waals surface area contributed by atoms with Crippen molar-refractivity contribution >= 4 is 46.4 Å². The van der Waals surface area contributed by atoms with Crippen molar-refractivity contribution in [2.45, 2.75) is 6.18 Å². The van der Waals surface area contributed by atoms with Gasteiger partial charge in [-0.05, 0) is 48.0 Å². The van der Waals surface area contributed by atoms with Crippen molar-refractivity contribution in [3.05, 3.63) is 81.6 Å². The van der Waals surface area contributed by atoms with E-state index in [-0.39, 0.29) is 27.3 Å². The van der Waals surface area contributed by atoms with Crippen LogP contribution in [0.15, 0.2) is 54.6 Å². The number of amides is 2. The fraction of sp³-hybridized carbons (Fsp3) is 0.200. The van der Waals surface area contributed by atoms with Gasteiger partial charge in [-0.2, -0.15) is 13.2 Å². The van der Waals surface area contributed by atoms with Crippen LogP contribution in [0.5, 0.6) is 0 Å². The summed E-state index contributed by atoms with van der Waals surface area (Å²) in [6.07, 6.45) is -4.55. The zero-order valence-corrected chi connectivity index (χ0v) is 20.9. The summed E-state index contributed by atoms with van der Waals surface area (Å²) in [6.45, 7) is -1.32. The lowest BCUT2D eigenvalue weighted by Crippen LogP contribution is -2.34. The summed E-state index contributed by atoms with van der Waals surface area (Å²) in [6, 6.07) is 12.7. The maximum atomic E-state index is 14.4. The molecule has 0 bridgehead atoms. The first kappa shape index (κ1) is 27.3. The molecular weight excluding hydrogens is 521 g/mol. The Morgan fingerprint density at radius 3 is 2.25 bits per heavy atom. The molecular formula is C25H21Cl2F4N3O2. The van der Waals surface area contributed by atoms with Crippen LogP contribution in [0.25, 0.3) is 11.1 Å². The fourth-order valence-corrected chi connectivity index (χ4v) is 4.12. The quantitative estimate of drug-likeness (QED) is 0.365. The molecule has 0 aromatic heterocycles. The van der Waals surface area contributed by atoms with E-state index in [4.69, 9.17) is 23.2 Å². The number of carbonyl (C=O) groups excluding carboxylic acids is 2. The van der Waals surface area contributed by atoms with Crippen molar-refractivity contribution in [1.29, 1.82) is 0 Å². The van der Waals surface area contributed by atoms with Crippen LogP contribution in [0, 0.1) is 5.82 Å². The third-order valence-corrected chi connectivity index (χ3v) is 6.06. The number of benzene rings is 3. The van der Waals surface area contributed by atoms with Crippen LogP contribution >= 0.6 is 23.2 Å². The summed E-state index contributed by atoms with van der Waals surface area (Å²) in [5.41, 5.74) is 0.799. The molecule has 3 rings (SSSR count).